The molecule has 2 aromatic rings. The van der Waals surface area contributed by atoms with Crippen molar-refractivity contribution in [1.82, 2.24) is 4.98 Å². The highest BCUT2D eigenvalue weighted by molar-refractivity contribution is 7.16. The maximum absolute atomic E-state index is 13.3. The zero-order valence-electron chi connectivity index (χ0n) is 11.5. The molecule has 106 valence electrons. The third-order valence-corrected chi connectivity index (χ3v) is 4.03. The summed E-state index contributed by atoms with van der Waals surface area (Å²) >= 11 is 1.34. The van der Waals surface area contributed by atoms with Gasteiger partial charge in [-0.25, -0.2) is 9.37 Å². The SMILES string of the molecule is Cc1cc(-c2nc(N(C)C)sc2CC(=O)O)ccc1F. The summed E-state index contributed by atoms with van der Waals surface area (Å²) in [4.78, 5) is 17.9. The Labute approximate surface area is 120 Å². The fraction of sp³-hybridized carbons (Fsp3) is 0.286. The number of carbonyl (C=O) groups is 1. The summed E-state index contributed by atoms with van der Waals surface area (Å²) in [6, 6.07) is 4.70. The van der Waals surface area contributed by atoms with Gasteiger partial charge >= 0.3 is 5.97 Å². The number of aliphatic carboxylic acids is 1. The van der Waals surface area contributed by atoms with Gasteiger partial charge in [-0.05, 0) is 30.7 Å². The number of hydrogen-bond acceptors (Lipinski definition) is 4. The van der Waals surface area contributed by atoms with Crippen LogP contribution in [0.2, 0.25) is 0 Å². The van der Waals surface area contributed by atoms with E-state index in [1.165, 1.54) is 17.4 Å². The van der Waals surface area contributed by atoms with Gasteiger partial charge in [0.2, 0.25) is 0 Å². The van der Waals surface area contributed by atoms with Crippen molar-refractivity contribution >= 4 is 22.4 Å². The van der Waals surface area contributed by atoms with Gasteiger partial charge in [-0.15, -0.1) is 11.3 Å². The van der Waals surface area contributed by atoms with Crippen LogP contribution in [0.5, 0.6) is 0 Å². The number of carboxylic acid groups (broad SMARTS) is 1. The second-order valence-corrected chi connectivity index (χ2v) is 5.76. The Morgan fingerprint density at radius 2 is 2.15 bits per heavy atom. The van der Waals surface area contributed by atoms with Gasteiger partial charge in [0.15, 0.2) is 5.13 Å². The zero-order chi connectivity index (χ0) is 14.9. The first-order valence-electron chi connectivity index (χ1n) is 6.04. The maximum atomic E-state index is 13.3. The van der Waals surface area contributed by atoms with Gasteiger partial charge in [-0.2, -0.15) is 0 Å². The summed E-state index contributed by atoms with van der Waals surface area (Å²) in [6.07, 6.45) is -0.0860. The van der Waals surface area contributed by atoms with Crippen molar-refractivity contribution in [1.29, 1.82) is 0 Å². The number of rotatable bonds is 4. The first kappa shape index (κ1) is 14.5. The van der Waals surface area contributed by atoms with Crippen molar-refractivity contribution in [3.05, 3.63) is 34.5 Å². The summed E-state index contributed by atoms with van der Waals surface area (Å²) in [6.45, 7) is 1.68. The third-order valence-electron chi connectivity index (χ3n) is 2.81. The molecule has 0 atom stereocenters. The second kappa shape index (κ2) is 5.58. The molecular formula is C14H15FN2O2S. The van der Waals surface area contributed by atoms with Crippen LogP contribution in [0.1, 0.15) is 10.4 Å². The van der Waals surface area contributed by atoms with E-state index in [1.807, 2.05) is 19.0 Å². The highest BCUT2D eigenvalue weighted by Crippen LogP contribution is 2.33. The molecule has 0 aliphatic rings. The van der Waals surface area contributed by atoms with Crippen LogP contribution in [-0.4, -0.2) is 30.2 Å². The second-order valence-electron chi connectivity index (χ2n) is 4.70. The van der Waals surface area contributed by atoms with E-state index >= 15 is 0 Å². The number of benzene rings is 1. The van der Waals surface area contributed by atoms with Gasteiger partial charge in [-0.3, -0.25) is 4.79 Å². The lowest BCUT2D eigenvalue weighted by Crippen LogP contribution is -2.07. The number of nitrogens with zero attached hydrogens (tertiary/aromatic N) is 2. The Balaban J connectivity index is 2.52. The molecule has 20 heavy (non-hydrogen) atoms. The van der Waals surface area contributed by atoms with Gasteiger partial charge < -0.3 is 10.0 Å². The van der Waals surface area contributed by atoms with Crippen LogP contribution in [0.3, 0.4) is 0 Å². The van der Waals surface area contributed by atoms with Crippen LogP contribution in [0.25, 0.3) is 11.3 Å². The van der Waals surface area contributed by atoms with E-state index in [0.29, 0.717) is 16.1 Å². The maximum Gasteiger partial charge on any atom is 0.308 e. The number of aromatic nitrogens is 1. The third kappa shape index (κ3) is 2.96. The fourth-order valence-corrected chi connectivity index (χ4v) is 2.80. The van der Waals surface area contributed by atoms with E-state index in [1.54, 1.807) is 19.1 Å². The van der Waals surface area contributed by atoms with Crippen molar-refractivity contribution in [2.75, 3.05) is 19.0 Å². The molecule has 2 rings (SSSR count). The quantitative estimate of drug-likeness (QED) is 0.942. The molecule has 0 spiro atoms. The molecule has 0 fully saturated rings. The molecule has 0 saturated carbocycles. The molecule has 6 heteroatoms. The average Bonchev–Trinajstić information content (AvgIpc) is 2.76. The number of hydrogen-bond donors (Lipinski definition) is 1. The molecule has 0 unspecified atom stereocenters. The Morgan fingerprint density at radius 3 is 2.70 bits per heavy atom. The molecular weight excluding hydrogens is 279 g/mol. The molecule has 0 saturated heterocycles. The zero-order valence-corrected chi connectivity index (χ0v) is 12.3. The number of anilines is 1. The fourth-order valence-electron chi connectivity index (χ4n) is 1.81. The monoisotopic (exact) mass is 294 g/mol. The van der Waals surface area contributed by atoms with E-state index in [-0.39, 0.29) is 12.2 Å². The van der Waals surface area contributed by atoms with Crippen molar-refractivity contribution in [2.45, 2.75) is 13.3 Å². The summed E-state index contributed by atoms with van der Waals surface area (Å²) in [5, 5.41) is 9.72. The normalized spacial score (nSPS) is 10.6. The molecule has 1 aromatic heterocycles. The molecule has 0 aliphatic heterocycles. The smallest absolute Gasteiger partial charge is 0.308 e. The largest absolute Gasteiger partial charge is 0.481 e. The minimum atomic E-state index is -0.904. The van der Waals surface area contributed by atoms with Crippen molar-refractivity contribution in [3.63, 3.8) is 0 Å². The van der Waals surface area contributed by atoms with Gasteiger partial charge in [0.25, 0.3) is 0 Å². The van der Waals surface area contributed by atoms with Gasteiger partial charge in [0.1, 0.15) is 5.82 Å². The Morgan fingerprint density at radius 1 is 1.45 bits per heavy atom. The predicted octanol–water partition coefficient (Wildman–Crippen LogP) is 2.95. The molecule has 1 aromatic carbocycles. The van der Waals surface area contributed by atoms with Crippen LogP contribution in [0.15, 0.2) is 18.2 Å². The number of carboxylic acids is 1. The Bertz CT molecular complexity index is 653. The van der Waals surface area contributed by atoms with Crippen molar-refractivity contribution < 1.29 is 14.3 Å². The number of halogens is 1. The van der Waals surface area contributed by atoms with E-state index in [9.17, 15) is 9.18 Å². The van der Waals surface area contributed by atoms with Crippen LogP contribution in [-0.2, 0) is 11.2 Å². The highest BCUT2D eigenvalue weighted by Gasteiger charge is 2.17. The summed E-state index contributed by atoms with van der Waals surface area (Å²) in [5.41, 5.74) is 1.87. The minimum Gasteiger partial charge on any atom is -0.481 e. The summed E-state index contributed by atoms with van der Waals surface area (Å²) in [7, 11) is 3.70. The van der Waals surface area contributed by atoms with Crippen molar-refractivity contribution in [2.24, 2.45) is 0 Å². The molecule has 0 bridgehead atoms. The molecule has 1 N–H and O–H groups in total. The number of thiazole rings is 1. The highest BCUT2D eigenvalue weighted by atomic mass is 32.1. The topological polar surface area (TPSA) is 53.4 Å². The molecule has 1 heterocycles. The lowest BCUT2D eigenvalue weighted by molar-refractivity contribution is -0.136. The van der Waals surface area contributed by atoms with E-state index in [0.717, 1.165) is 10.7 Å². The average molecular weight is 294 g/mol. The van der Waals surface area contributed by atoms with Crippen LogP contribution in [0.4, 0.5) is 9.52 Å². The van der Waals surface area contributed by atoms with Gasteiger partial charge in [-0.1, -0.05) is 0 Å². The van der Waals surface area contributed by atoms with Crippen molar-refractivity contribution in [3.8, 4) is 11.3 Å². The summed E-state index contributed by atoms with van der Waals surface area (Å²) in [5.74, 6) is -1.18. The minimum absolute atomic E-state index is 0.0860. The molecule has 0 radical (unpaired) electrons. The number of aryl methyl sites for hydroxylation is 1. The van der Waals surface area contributed by atoms with E-state index < -0.39 is 5.97 Å². The van der Waals surface area contributed by atoms with Gasteiger partial charge in [0.05, 0.1) is 12.1 Å². The van der Waals surface area contributed by atoms with Crippen LogP contribution in [0, 0.1) is 12.7 Å². The Kier molecular flexibility index (Phi) is 4.04. The standard InChI is InChI=1S/C14H15FN2O2S/c1-8-6-9(4-5-10(8)15)13-11(7-12(18)19)20-14(16-13)17(2)3/h4-6H,7H2,1-3H3,(H,18,19). The molecule has 4 nitrogen and oxygen atoms in total. The molecule has 0 aliphatic carbocycles. The van der Waals surface area contributed by atoms with E-state index in [2.05, 4.69) is 4.98 Å². The van der Waals surface area contributed by atoms with Crippen LogP contribution >= 0.6 is 11.3 Å². The first-order chi connectivity index (χ1) is 9.38. The molecule has 0 amide bonds. The lowest BCUT2D eigenvalue weighted by Gasteiger charge is -2.05. The first-order valence-corrected chi connectivity index (χ1v) is 6.85. The van der Waals surface area contributed by atoms with Gasteiger partial charge in [0, 0.05) is 24.5 Å². The summed E-state index contributed by atoms with van der Waals surface area (Å²) < 4.78 is 13.3. The lowest BCUT2D eigenvalue weighted by atomic mass is 10.1. The van der Waals surface area contributed by atoms with Crippen LogP contribution < -0.4 is 4.90 Å². The van der Waals surface area contributed by atoms with E-state index in [4.69, 9.17) is 5.11 Å². The predicted molar refractivity (Wildman–Crippen MR) is 77.9 cm³/mol. The Hall–Kier alpha value is -1.95.